The first-order valence-corrected chi connectivity index (χ1v) is 15.7. The van der Waals surface area contributed by atoms with E-state index in [0.717, 1.165) is 22.4 Å². The zero-order valence-electron chi connectivity index (χ0n) is 24.3. The molecule has 0 spiro atoms. The third kappa shape index (κ3) is 9.02. The van der Waals surface area contributed by atoms with Crippen molar-refractivity contribution in [3.8, 4) is 0 Å². The number of carbonyl (C=O) groups is 1. The first-order chi connectivity index (χ1) is 21.2. The second-order valence-corrected chi connectivity index (χ2v) is 11.6. The summed E-state index contributed by atoms with van der Waals surface area (Å²) >= 11 is 1.58. The van der Waals surface area contributed by atoms with E-state index in [1.54, 1.807) is 23.9 Å². The second kappa shape index (κ2) is 16.4. The Labute approximate surface area is 258 Å². The highest BCUT2D eigenvalue weighted by atomic mass is 32.2. The van der Waals surface area contributed by atoms with Crippen LogP contribution in [-0.4, -0.2) is 48.2 Å². The zero-order chi connectivity index (χ0) is 29.7. The molecule has 1 saturated heterocycles. The van der Waals surface area contributed by atoms with Gasteiger partial charge in [0.05, 0.1) is 32.0 Å². The molecule has 6 nitrogen and oxygen atoms in total. The van der Waals surface area contributed by atoms with E-state index in [9.17, 15) is 4.79 Å². The van der Waals surface area contributed by atoms with Crippen molar-refractivity contribution in [2.24, 2.45) is 0 Å². The van der Waals surface area contributed by atoms with Crippen LogP contribution in [0.1, 0.15) is 34.0 Å². The monoisotopic (exact) mass is 598 g/mol. The van der Waals surface area contributed by atoms with Gasteiger partial charge in [-0.3, -0.25) is 0 Å². The van der Waals surface area contributed by atoms with Crippen molar-refractivity contribution in [1.29, 1.82) is 0 Å². The number of carbonyl (C=O) groups excluding carboxylic acids is 1. The molecule has 1 aliphatic rings. The summed E-state index contributed by atoms with van der Waals surface area (Å²) < 4.78 is 32.3. The average molecular weight is 599 g/mol. The molecule has 0 bridgehead atoms. The van der Waals surface area contributed by atoms with E-state index < -0.39 is 35.8 Å². The van der Waals surface area contributed by atoms with Gasteiger partial charge in [-0.25, -0.2) is 4.79 Å². The SMILES string of the molecule is CCS[C@@H]1OC(COCc2ccccc2)[C@@H](OCc2ccccc2)[C@@H](OCc2ccccc2)C1OC(=O)c1ccccc1. The summed E-state index contributed by atoms with van der Waals surface area (Å²) in [5.41, 5.74) is 3.11. The molecule has 4 aromatic carbocycles. The third-order valence-electron chi connectivity index (χ3n) is 7.14. The van der Waals surface area contributed by atoms with Gasteiger partial charge in [0.25, 0.3) is 0 Å². The van der Waals surface area contributed by atoms with Gasteiger partial charge in [-0.05, 0) is 34.6 Å². The molecule has 0 radical (unpaired) electrons. The number of rotatable bonds is 14. The predicted molar refractivity (Wildman–Crippen MR) is 169 cm³/mol. The van der Waals surface area contributed by atoms with Crippen molar-refractivity contribution >= 4 is 17.7 Å². The fraction of sp³-hybridized carbons (Fsp3) is 0.306. The molecular formula is C36H38O6S. The first-order valence-electron chi connectivity index (χ1n) is 14.7. The quantitative estimate of drug-likeness (QED) is 0.144. The summed E-state index contributed by atoms with van der Waals surface area (Å²) in [7, 11) is 0. The number of ether oxygens (including phenoxy) is 5. The van der Waals surface area contributed by atoms with Crippen LogP contribution in [-0.2, 0) is 43.5 Å². The number of esters is 1. The van der Waals surface area contributed by atoms with E-state index in [4.69, 9.17) is 23.7 Å². The van der Waals surface area contributed by atoms with E-state index in [2.05, 4.69) is 6.92 Å². The van der Waals surface area contributed by atoms with E-state index in [1.165, 1.54) is 0 Å². The molecule has 0 amide bonds. The normalized spacial score (nSPS) is 21.7. The molecule has 5 rings (SSSR count). The van der Waals surface area contributed by atoms with Crippen LogP contribution in [0.5, 0.6) is 0 Å². The molecule has 224 valence electrons. The minimum Gasteiger partial charge on any atom is -0.452 e. The topological polar surface area (TPSA) is 63.2 Å². The van der Waals surface area contributed by atoms with E-state index in [1.807, 2.05) is 109 Å². The largest absolute Gasteiger partial charge is 0.452 e. The molecule has 0 aliphatic carbocycles. The lowest BCUT2D eigenvalue weighted by Crippen LogP contribution is -2.60. The number of hydrogen-bond acceptors (Lipinski definition) is 7. The Kier molecular flexibility index (Phi) is 11.8. The van der Waals surface area contributed by atoms with Crippen LogP contribution in [0.4, 0.5) is 0 Å². The molecule has 1 aliphatic heterocycles. The Morgan fingerprint density at radius 3 is 1.67 bits per heavy atom. The number of benzene rings is 4. The average Bonchev–Trinajstić information content (AvgIpc) is 3.06. The summed E-state index contributed by atoms with van der Waals surface area (Å²) in [5, 5.41) is 0. The lowest BCUT2D eigenvalue weighted by Gasteiger charge is -2.45. The minimum absolute atomic E-state index is 0.291. The highest BCUT2D eigenvalue weighted by Crippen LogP contribution is 2.35. The van der Waals surface area contributed by atoms with Crippen LogP contribution in [0.15, 0.2) is 121 Å². The standard InChI is InChI=1S/C36H38O6S/c1-2-43-36-34(42-35(37)30-21-13-6-14-22-30)33(40-25-29-19-11-5-12-20-29)32(39-24-28-17-9-4-10-18-28)31(41-36)26-38-23-27-15-7-3-8-16-27/h3-22,31-34,36H,2,23-26H2,1H3/t31?,32-,33-,34?,36+/m1/s1. The predicted octanol–water partition coefficient (Wildman–Crippen LogP) is 7.08. The van der Waals surface area contributed by atoms with Crippen LogP contribution in [0.25, 0.3) is 0 Å². The third-order valence-corrected chi connectivity index (χ3v) is 8.18. The molecule has 43 heavy (non-hydrogen) atoms. The molecule has 5 atom stereocenters. The summed E-state index contributed by atoms with van der Waals surface area (Å²) in [6, 6.07) is 39.0. The summed E-state index contributed by atoms with van der Waals surface area (Å²) in [5.74, 6) is 0.340. The van der Waals surface area contributed by atoms with Gasteiger partial charge < -0.3 is 23.7 Å². The maximum Gasteiger partial charge on any atom is 0.338 e. The fourth-order valence-corrected chi connectivity index (χ4v) is 5.94. The zero-order valence-corrected chi connectivity index (χ0v) is 25.1. The lowest BCUT2D eigenvalue weighted by atomic mass is 9.98. The maximum absolute atomic E-state index is 13.4. The van der Waals surface area contributed by atoms with Gasteiger partial charge in [-0.15, -0.1) is 11.8 Å². The lowest BCUT2D eigenvalue weighted by molar-refractivity contribution is -0.242. The molecule has 0 saturated carbocycles. The van der Waals surface area contributed by atoms with Crippen LogP contribution < -0.4 is 0 Å². The van der Waals surface area contributed by atoms with Crippen molar-refractivity contribution in [2.45, 2.75) is 56.6 Å². The number of hydrogen-bond donors (Lipinski definition) is 0. The van der Waals surface area contributed by atoms with Gasteiger partial charge >= 0.3 is 5.97 Å². The molecule has 1 fully saturated rings. The first kappa shape index (κ1) is 31.0. The highest BCUT2D eigenvalue weighted by molar-refractivity contribution is 7.99. The summed E-state index contributed by atoms with van der Waals surface area (Å²) in [6.45, 7) is 3.47. The van der Waals surface area contributed by atoms with Crippen LogP contribution in [0.3, 0.4) is 0 Å². The molecule has 2 unspecified atom stereocenters. The Bertz CT molecular complexity index is 1360. The van der Waals surface area contributed by atoms with Gasteiger partial charge in [-0.2, -0.15) is 0 Å². The molecule has 7 heteroatoms. The van der Waals surface area contributed by atoms with Gasteiger partial charge in [0.1, 0.15) is 23.7 Å². The molecule has 0 N–H and O–H groups in total. The van der Waals surface area contributed by atoms with Crippen molar-refractivity contribution in [3.63, 3.8) is 0 Å². The second-order valence-electron chi connectivity index (χ2n) is 10.3. The van der Waals surface area contributed by atoms with Crippen molar-refractivity contribution in [3.05, 3.63) is 144 Å². The van der Waals surface area contributed by atoms with Crippen LogP contribution >= 0.6 is 11.8 Å². The molecule has 0 aromatic heterocycles. The smallest absolute Gasteiger partial charge is 0.338 e. The van der Waals surface area contributed by atoms with Crippen LogP contribution in [0, 0.1) is 0 Å². The van der Waals surface area contributed by atoms with E-state index in [-0.39, 0.29) is 0 Å². The van der Waals surface area contributed by atoms with Crippen molar-refractivity contribution < 1.29 is 28.5 Å². The Hall–Kier alpha value is -3.46. The van der Waals surface area contributed by atoms with E-state index in [0.29, 0.717) is 32.0 Å². The Morgan fingerprint density at radius 2 is 1.14 bits per heavy atom. The minimum atomic E-state index is -0.715. The molecule has 1 heterocycles. The van der Waals surface area contributed by atoms with E-state index >= 15 is 0 Å². The van der Waals surface area contributed by atoms with Crippen molar-refractivity contribution in [1.82, 2.24) is 0 Å². The van der Waals surface area contributed by atoms with Gasteiger partial charge in [0, 0.05) is 0 Å². The maximum atomic E-state index is 13.4. The number of thioether (sulfide) groups is 1. The highest BCUT2D eigenvalue weighted by Gasteiger charge is 2.50. The Balaban J connectivity index is 1.43. The van der Waals surface area contributed by atoms with Gasteiger partial charge in [0.2, 0.25) is 0 Å². The van der Waals surface area contributed by atoms with Gasteiger partial charge in [-0.1, -0.05) is 116 Å². The summed E-state index contributed by atoms with van der Waals surface area (Å²) in [4.78, 5) is 13.4. The fourth-order valence-electron chi connectivity index (χ4n) is 4.99. The van der Waals surface area contributed by atoms with Crippen LogP contribution in [0.2, 0.25) is 0 Å². The molecule has 4 aromatic rings. The van der Waals surface area contributed by atoms with Gasteiger partial charge in [0.15, 0.2) is 6.10 Å². The van der Waals surface area contributed by atoms with Crippen molar-refractivity contribution in [2.75, 3.05) is 12.4 Å². The summed E-state index contributed by atoms with van der Waals surface area (Å²) in [6.07, 6.45) is -2.35. The Morgan fingerprint density at radius 1 is 0.651 bits per heavy atom. The molecular weight excluding hydrogens is 560 g/mol.